The average molecular weight is 379 g/mol. The lowest BCUT2D eigenvalue weighted by Crippen LogP contribution is -2.15. The molecule has 1 heterocycles. The summed E-state index contributed by atoms with van der Waals surface area (Å²) in [5, 5.41) is 2.95. The van der Waals surface area contributed by atoms with Gasteiger partial charge in [-0.3, -0.25) is 4.79 Å². The van der Waals surface area contributed by atoms with Crippen LogP contribution in [0.15, 0.2) is 28.9 Å². The topological polar surface area (TPSA) is 68.0 Å². The van der Waals surface area contributed by atoms with Crippen LogP contribution in [-0.4, -0.2) is 10.9 Å². The van der Waals surface area contributed by atoms with Crippen molar-refractivity contribution < 1.29 is 9.18 Å². The van der Waals surface area contributed by atoms with E-state index in [1.807, 2.05) is 0 Å². The summed E-state index contributed by atoms with van der Waals surface area (Å²) in [6.45, 7) is 0. The first kappa shape index (κ1) is 15.0. The lowest BCUT2D eigenvalue weighted by molar-refractivity contribution is 0.102. The van der Waals surface area contributed by atoms with Crippen molar-refractivity contribution >= 4 is 56.5 Å². The van der Waals surface area contributed by atoms with Crippen molar-refractivity contribution in [3.05, 3.63) is 50.3 Å². The predicted octanol–water partition coefficient (Wildman–Crippen LogP) is 4.12. The van der Waals surface area contributed by atoms with Crippen LogP contribution in [0, 0.1) is 5.82 Å². The van der Waals surface area contributed by atoms with Crippen LogP contribution in [0.1, 0.15) is 10.4 Å². The summed E-state index contributed by atoms with van der Waals surface area (Å²) in [7, 11) is 0. The number of nitrogens with two attached hydrogens (primary N) is 1. The van der Waals surface area contributed by atoms with E-state index in [0.717, 1.165) is 12.3 Å². The molecule has 104 valence electrons. The Bertz CT molecular complexity index is 673. The maximum atomic E-state index is 13.1. The fraction of sp³-hybridized carbons (Fsp3) is 0. The third kappa shape index (κ3) is 3.20. The van der Waals surface area contributed by atoms with Crippen molar-refractivity contribution in [2.24, 2.45) is 0 Å². The normalized spacial score (nSPS) is 10.4. The van der Waals surface area contributed by atoms with Crippen LogP contribution in [0.2, 0.25) is 10.0 Å². The van der Waals surface area contributed by atoms with Gasteiger partial charge in [0.15, 0.2) is 0 Å². The zero-order valence-electron chi connectivity index (χ0n) is 9.75. The van der Waals surface area contributed by atoms with Crippen LogP contribution in [0.5, 0.6) is 0 Å². The molecule has 1 amide bonds. The summed E-state index contributed by atoms with van der Waals surface area (Å²) in [4.78, 5) is 15.6. The van der Waals surface area contributed by atoms with Crippen LogP contribution < -0.4 is 11.1 Å². The third-order valence-electron chi connectivity index (χ3n) is 2.38. The summed E-state index contributed by atoms with van der Waals surface area (Å²) in [6.07, 6.45) is 0.922. The smallest absolute Gasteiger partial charge is 0.259 e. The van der Waals surface area contributed by atoms with Gasteiger partial charge in [0.05, 0.1) is 27.5 Å². The van der Waals surface area contributed by atoms with E-state index in [1.54, 1.807) is 12.1 Å². The first-order chi connectivity index (χ1) is 9.38. The monoisotopic (exact) mass is 377 g/mol. The minimum atomic E-state index is -0.669. The molecule has 8 heteroatoms. The largest absolute Gasteiger partial charge is 0.383 e. The fourth-order valence-electron chi connectivity index (χ4n) is 1.47. The number of rotatable bonds is 2. The number of aromatic nitrogens is 1. The molecule has 0 aliphatic carbocycles. The van der Waals surface area contributed by atoms with Gasteiger partial charge < -0.3 is 11.1 Å². The lowest BCUT2D eigenvalue weighted by atomic mass is 10.2. The summed E-state index contributed by atoms with van der Waals surface area (Å²) >= 11 is 15.2. The number of carbonyl (C=O) groups excluding carboxylic acids is 1. The quantitative estimate of drug-likeness (QED) is 0.825. The van der Waals surface area contributed by atoms with Gasteiger partial charge >= 0.3 is 0 Å². The molecule has 1 aromatic carbocycles. The number of nitrogen functional groups attached to an aromatic ring is 1. The van der Waals surface area contributed by atoms with Gasteiger partial charge in [0, 0.05) is 4.47 Å². The van der Waals surface area contributed by atoms with Crippen molar-refractivity contribution in [1.29, 1.82) is 0 Å². The van der Waals surface area contributed by atoms with Crippen LogP contribution in [0.3, 0.4) is 0 Å². The Morgan fingerprint density at radius 2 is 1.90 bits per heavy atom. The molecule has 0 spiro atoms. The van der Waals surface area contributed by atoms with E-state index in [1.165, 1.54) is 0 Å². The Balaban J connectivity index is 2.35. The highest BCUT2D eigenvalue weighted by molar-refractivity contribution is 9.10. The number of benzene rings is 1. The van der Waals surface area contributed by atoms with Gasteiger partial charge in [-0.25, -0.2) is 9.37 Å². The molecule has 0 bridgehead atoms. The lowest BCUT2D eigenvalue weighted by Gasteiger charge is -2.10. The van der Waals surface area contributed by atoms with E-state index < -0.39 is 11.7 Å². The Kier molecular flexibility index (Phi) is 4.47. The summed E-state index contributed by atoms with van der Waals surface area (Å²) < 4.78 is 13.8. The number of pyridine rings is 1. The number of halogens is 4. The minimum Gasteiger partial charge on any atom is -0.383 e. The molecule has 0 fully saturated rings. The molecule has 4 nitrogen and oxygen atoms in total. The van der Waals surface area contributed by atoms with Crippen LogP contribution in [0.25, 0.3) is 0 Å². The zero-order chi connectivity index (χ0) is 14.9. The van der Waals surface area contributed by atoms with Crippen molar-refractivity contribution in [2.45, 2.75) is 0 Å². The van der Waals surface area contributed by atoms with E-state index in [-0.39, 0.29) is 27.1 Å². The number of hydrogen-bond acceptors (Lipinski definition) is 3. The molecule has 0 saturated carbocycles. The second kappa shape index (κ2) is 5.95. The van der Waals surface area contributed by atoms with E-state index in [2.05, 4.69) is 26.2 Å². The molecule has 1 aromatic heterocycles. The van der Waals surface area contributed by atoms with Crippen LogP contribution in [0.4, 0.5) is 15.9 Å². The first-order valence-electron chi connectivity index (χ1n) is 5.25. The first-order valence-corrected chi connectivity index (χ1v) is 6.80. The highest BCUT2D eigenvalue weighted by Gasteiger charge is 2.16. The second-order valence-corrected chi connectivity index (χ2v) is 5.51. The molecule has 0 aliphatic heterocycles. The molecule has 0 saturated heterocycles. The van der Waals surface area contributed by atoms with Gasteiger partial charge in [0.25, 0.3) is 5.91 Å². The maximum Gasteiger partial charge on any atom is 0.259 e. The number of anilines is 2. The number of amides is 1. The molecule has 3 N–H and O–H groups in total. The van der Waals surface area contributed by atoms with Gasteiger partial charge in [-0.2, -0.15) is 0 Å². The van der Waals surface area contributed by atoms with Gasteiger partial charge in [-0.15, -0.1) is 0 Å². The van der Waals surface area contributed by atoms with E-state index in [0.29, 0.717) is 4.47 Å². The SMILES string of the molecule is Nc1ncc(F)cc1C(=O)Nc1c(Cl)cc(Br)cc1Cl. The van der Waals surface area contributed by atoms with Crippen molar-refractivity contribution in [1.82, 2.24) is 4.98 Å². The maximum absolute atomic E-state index is 13.1. The summed E-state index contributed by atoms with van der Waals surface area (Å²) in [5.41, 5.74) is 5.65. The van der Waals surface area contributed by atoms with Gasteiger partial charge in [-0.1, -0.05) is 39.1 Å². The number of carbonyl (C=O) groups is 1. The summed E-state index contributed by atoms with van der Waals surface area (Å²) in [5.74, 6) is -1.41. The fourth-order valence-corrected chi connectivity index (χ4v) is 2.78. The molecular weight excluding hydrogens is 372 g/mol. The predicted molar refractivity (Wildman–Crippen MR) is 80.7 cm³/mol. The van der Waals surface area contributed by atoms with Crippen molar-refractivity contribution in [3.63, 3.8) is 0 Å². The minimum absolute atomic E-state index is 0.0896. The van der Waals surface area contributed by atoms with Crippen molar-refractivity contribution in [3.8, 4) is 0 Å². The van der Waals surface area contributed by atoms with E-state index >= 15 is 0 Å². The summed E-state index contributed by atoms with van der Waals surface area (Å²) in [6, 6.07) is 4.12. The molecular formula is C12H7BrCl2FN3O. The average Bonchev–Trinajstić information content (AvgIpc) is 2.36. The molecule has 0 radical (unpaired) electrons. The molecule has 20 heavy (non-hydrogen) atoms. The van der Waals surface area contributed by atoms with Crippen molar-refractivity contribution in [2.75, 3.05) is 11.1 Å². The molecule has 2 rings (SSSR count). The van der Waals surface area contributed by atoms with Crippen LogP contribution in [-0.2, 0) is 0 Å². The second-order valence-electron chi connectivity index (χ2n) is 3.78. The Morgan fingerprint density at radius 1 is 1.30 bits per heavy atom. The number of nitrogens with zero attached hydrogens (tertiary/aromatic N) is 1. The van der Waals surface area contributed by atoms with Crippen LogP contribution >= 0.6 is 39.1 Å². The molecule has 0 aliphatic rings. The molecule has 2 aromatic rings. The van der Waals surface area contributed by atoms with Gasteiger partial charge in [0.2, 0.25) is 0 Å². The van der Waals surface area contributed by atoms with Gasteiger partial charge in [-0.05, 0) is 18.2 Å². The molecule has 0 unspecified atom stereocenters. The standard InChI is InChI=1S/C12H7BrCl2FN3O/c13-5-1-8(14)10(9(15)2-5)19-12(20)7-3-6(16)4-18-11(7)17/h1-4H,(H2,17,18)(H,19,20). The number of hydrogen-bond donors (Lipinski definition) is 2. The highest BCUT2D eigenvalue weighted by atomic mass is 79.9. The van der Waals surface area contributed by atoms with E-state index in [9.17, 15) is 9.18 Å². The highest BCUT2D eigenvalue weighted by Crippen LogP contribution is 2.34. The third-order valence-corrected chi connectivity index (χ3v) is 3.43. The van der Waals surface area contributed by atoms with Gasteiger partial charge in [0.1, 0.15) is 11.6 Å². The van der Waals surface area contributed by atoms with E-state index in [4.69, 9.17) is 28.9 Å². The Morgan fingerprint density at radius 3 is 2.50 bits per heavy atom. The molecule has 0 atom stereocenters. The number of nitrogens with one attached hydrogen (secondary N) is 1. The zero-order valence-corrected chi connectivity index (χ0v) is 12.9. The Hall–Kier alpha value is -1.37. The Labute approximate surface area is 132 Å².